The molecular weight excluding hydrogens is 290 g/mol. The van der Waals surface area contributed by atoms with Gasteiger partial charge in [-0.25, -0.2) is 4.98 Å². The third kappa shape index (κ3) is 5.62. The summed E-state index contributed by atoms with van der Waals surface area (Å²) in [5, 5.41) is 4.18. The quantitative estimate of drug-likeness (QED) is 0.592. The zero-order chi connectivity index (χ0) is 16.5. The molecule has 0 radical (unpaired) electrons. The summed E-state index contributed by atoms with van der Waals surface area (Å²) in [6.07, 6.45) is 3.44. The van der Waals surface area contributed by atoms with E-state index in [0.29, 0.717) is 24.9 Å². The van der Waals surface area contributed by atoms with Crippen LogP contribution in [0.15, 0.2) is 47.7 Å². The smallest absolute Gasteiger partial charge is 0.161 e. The maximum atomic E-state index is 5.78. The average molecular weight is 313 g/mol. The van der Waals surface area contributed by atoms with Crippen molar-refractivity contribution in [2.45, 2.75) is 20.8 Å². The second-order valence-electron chi connectivity index (χ2n) is 5.43. The van der Waals surface area contributed by atoms with Crippen LogP contribution in [0.25, 0.3) is 0 Å². The van der Waals surface area contributed by atoms with Gasteiger partial charge < -0.3 is 9.47 Å². The van der Waals surface area contributed by atoms with Crippen molar-refractivity contribution in [1.29, 1.82) is 0 Å². The minimum atomic E-state index is 0.466. The highest BCUT2D eigenvalue weighted by Gasteiger charge is 2.07. The number of hydrazone groups is 1. The Morgan fingerprint density at radius 2 is 2.04 bits per heavy atom. The van der Waals surface area contributed by atoms with E-state index >= 15 is 0 Å². The zero-order valence-corrected chi connectivity index (χ0v) is 13.8. The topological polar surface area (TPSA) is 55.7 Å². The van der Waals surface area contributed by atoms with Crippen LogP contribution in [0.5, 0.6) is 11.5 Å². The Hall–Kier alpha value is -2.56. The monoisotopic (exact) mass is 313 g/mol. The zero-order valence-electron chi connectivity index (χ0n) is 13.8. The van der Waals surface area contributed by atoms with E-state index < -0.39 is 0 Å². The van der Waals surface area contributed by atoms with Gasteiger partial charge in [0.25, 0.3) is 0 Å². The van der Waals surface area contributed by atoms with Crippen molar-refractivity contribution in [1.82, 2.24) is 4.98 Å². The third-order valence-electron chi connectivity index (χ3n) is 2.90. The maximum absolute atomic E-state index is 5.78. The predicted octanol–water partition coefficient (Wildman–Crippen LogP) is 3.96. The molecule has 0 amide bonds. The third-order valence-corrected chi connectivity index (χ3v) is 2.90. The number of anilines is 1. The number of rotatable bonds is 8. The number of hydrogen-bond acceptors (Lipinski definition) is 5. The van der Waals surface area contributed by atoms with Crippen LogP contribution in [-0.4, -0.2) is 24.4 Å². The van der Waals surface area contributed by atoms with E-state index in [1.54, 1.807) is 12.4 Å². The fourth-order valence-electron chi connectivity index (χ4n) is 1.85. The molecule has 0 unspecified atom stereocenters. The lowest BCUT2D eigenvalue weighted by atomic mass is 10.2. The fraction of sp³-hybridized carbons (Fsp3) is 0.333. The van der Waals surface area contributed by atoms with Gasteiger partial charge in [-0.05, 0) is 48.7 Å². The molecule has 0 fully saturated rings. The molecule has 0 saturated heterocycles. The highest BCUT2D eigenvalue weighted by atomic mass is 16.5. The molecule has 23 heavy (non-hydrogen) atoms. The van der Waals surface area contributed by atoms with Gasteiger partial charge in [0.15, 0.2) is 11.5 Å². The van der Waals surface area contributed by atoms with Crippen molar-refractivity contribution in [2.24, 2.45) is 11.0 Å². The van der Waals surface area contributed by atoms with Crippen molar-refractivity contribution >= 4 is 12.0 Å². The van der Waals surface area contributed by atoms with Crippen LogP contribution in [0, 0.1) is 5.92 Å². The largest absolute Gasteiger partial charge is 0.490 e. The first-order valence-corrected chi connectivity index (χ1v) is 7.78. The Morgan fingerprint density at radius 1 is 1.17 bits per heavy atom. The first-order valence-electron chi connectivity index (χ1n) is 7.78. The molecule has 0 aliphatic rings. The number of ether oxygens (including phenoxy) is 2. The van der Waals surface area contributed by atoms with E-state index in [0.717, 1.165) is 17.1 Å². The number of hydrogen-bond donors (Lipinski definition) is 1. The van der Waals surface area contributed by atoms with E-state index in [2.05, 4.69) is 29.4 Å². The predicted molar refractivity (Wildman–Crippen MR) is 93.4 cm³/mol. The second kappa shape index (κ2) is 8.78. The Kier molecular flexibility index (Phi) is 6.41. The number of aromatic nitrogens is 1. The lowest BCUT2D eigenvalue weighted by molar-refractivity contribution is 0.248. The fourth-order valence-corrected chi connectivity index (χ4v) is 1.85. The molecule has 2 aromatic rings. The molecule has 0 spiro atoms. The Bertz CT molecular complexity index is 627. The van der Waals surface area contributed by atoms with Crippen molar-refractivity contribution < 1.29 is 9.47 Å². The van der Waals surface area contributed by atoms with E-state index in [-0.39, 0.29) is 0 Å². The molecule has 1 aromatic carbocycles. The van der Waals surface area contributed by atoms with Gasteiger partial charge in [0, 0.05) is 6.20 Å². The number of pyridine rings is 1. The van der Waals surface area contributed by atoms with E-state index in [1.165, 1.54) is 0 Å². The molecule has 5 heteroatoms. The van der Waals surface area contributed by atoms with Gasteiger partial charge in [0.2, 0.25) is 0 Å². The highest BCUT2D eigenvalue weighted by Crippen LogP contribution is 2.28. The van der Waals surface area contributed by atoms with Crippen LogP contribution in [0.1, 0.15) is 26.3 Å². The molecule has 1 aromatic heterocycles. The minimum Gasteiger partial charge on any atom is -0.490 e. The van der Waals surface area contributed by atoms with Crippen LogP contribution >= 0.6 is 0 Å². The van der Waals surface area contributed by atoms with Crippen molar-refractivity contribution in [3.8, 4) is 11.5 Å². The summed E-state index contributed by atoms with van der Waals surface area (Å²) in [4.78, 5) is 4.14. The molecule has 2 rings (SSSR count). The van der Waals surface area contributed by atoms with Gasteiger partial charge in [-0.3, -0.25) is 5.43 Å². The van der Waals surface area contributed by atoms with Gasteiger partial charge in [-0.15, -0.1) is 0 Å². The van der Waals surface area contributed by atoms with E-state index in [4.69, 9.17) is 9.47 Å². The molecule has 0 atom stereocenters. The van der Waals surface area contributed by atoms with Gasteiger partial charge in [0.05, 0.1) is 19.4 Å². The molecule has 122 valence electrons. The van der Waals surface area contributed by atoms with Crippen LogP contribution in [-0.2, 0) is 0 Å². The van der Waals surface area contributed by atoms with Gasteiger partial charge in [0.1, 0.15) is 5.82 Å². The molecule has 0 bridgehead atoms. The van der Waals surface area contributed by atoms with Gasteiger partial charge >= 0.3 is 0 Å². The van der Waals surface area contributed by atoms with Crippen molar-refractivity contribution in [3.05, 3.63) is 48.2 Å². The summed E-state index contributed by atoms with van der Waals surface area (Å²) in [6, 6.07) is 11.4. The van der Waals surface area contributed by atoms with Crippen LogP contribution in [0.4, 0.5) is 5.82 Å². The highest BCUT2D eigenvalue weighted by molar-refractivity contribution is 5.81. The van der Waals surface area contributed by atoms with Crippen LogP contribution in [0.3, 0.4) is 0 Å². The minimum absolute atomic E-state index is 0.466. The maximum Gasteiger partial charge on any atom is 0.161 e. The van der Waals surface area contributed by atoms with Crippen LogP contribution in [0.2, 0.25) is 0 Å². The molecule has 0 aliphatic heterocycles. The van der Waals surface area contributed by atoms with Gasteiger partial charge in [-0.2, -0.15) is 5.10 Å². The molecule has 1 N–H and O–H groups in total. The standard InChI is InChI=1S/C18H23N3O2/c1-4-22-17-11-15(8-9-16(17)23-13-14(2)3)12-20-21-18-7-5-6-10-19-18/h5-12,14H,4,13H2,1-3H3,(H,19,21)/b20-12-. The molecule has 5 nitrogen and oxygen atoms in total. The van der Waals surface area contributed by atoms with Gasteiger partial charge in [-0.1, -0.05) is 19.9 Å². The Morgan fingerprint density at radius 3 is 2.74 bits per heavy atom. The molecular formula is C18H23N3O2. The summed E-state index contributed by atoms with van der Waals surface area (Å²) in [5.74, 6) is 2.66. The van der Waals surface area contributed by atoms with Crippen molar-refractivity contribution in [3.63, 3.8) is 0 Å². The first kappa shape index (κ1) is 16.8. The summed E-state index contributed by atoms with van der Waals surface area (Å²) in [5.41, 5.74) is 3.81. The Balaban J connectivity index is 2.05. The molecule has 0 aliphatic carbocycles. The average Bonchev–Trinajstić information content (AvgIpc) is 2.55. The lowest BCUT2D eigenvalue weighted by Crippen LogP contribution is -2.06. The Labute approximate surface area is 137 Å². The summed E-state index contributed by atoms with van der Waals surface area (Å²) >= 11 is 0. The summed E-state index contributed by atoms with van der Waals surface area (Å²) in [6.45, 7) is 7.44. The van der Waals surface area contributed by atoms with E-state index in [1.807, 2.05) is 43.3 Å². The SMILES string of the molecule is CCOc1cc(/C=N\Nc2ccccn2)ccc1OCC(C)C. The van der Waals surface area contributed by atoms with Crippen molar-refractivity contribution in [2.75, 3.05) is 18.6 Å². The number of nitrogens with zero attached hydrogens (tertiary/aromatic N) is 2. The normalized spacial score (nSPS) is 11.0. The number of benzene rings is 1. The first-order chi connectivity index (χ1) is 11.2. The molecule has 1 heterocycles. The summed E-state index contributed by atoms with van der Waals surface area (Å²) < 4.78 is 11.4. The lowest BCUT2D eigenvalue weighted by Gasteiger charge is -2.13. The van der Waals surface area contributed by atoms with E-state index in [9.17, 15) is 0 Å². The summed E-state index contributed by atoms with van der Waals surface area (Å²) in [7, 11) is 0. The molecule has 0 saturated carbocycles. The number of nitrogens with one attached hydrogen (secondary N) is 1. The van der Waals surface area contributed by atoms with Crippen LogP contribution < -0.4 is 14.9 Å². The second-order valence-corrected chi connectivity index (χ2v) is 5.43.